The fourth-order valence-corrected chi connectivity index (χ4v) is 3.22. The van der Waals surface area contributed by atoms with Crippen LogP contribution in [0.15, 0.2) is 18.3 Å². The fraction of sp³-hybridized carbons (Fsp3) is 0.462. The van der Waals surface area contributed by atoms with E-state index in [4.69, 9.17) is 10.4 Å². The highest BCUT2D eigenvalue weighted by Crippen LogP contribution is 2.51. The zero-order valence-corrected chi connectivity index (χ0v) is 10.7. The highest BCUT2D eigenvalue weighted by atomic mass is 32.2. The van der Waals surface area contributed by atoms with E-state index in [0.29, 0.717) is 5.69 Å². The lowest BCUT2D eigenvalue weighted by molar-refractivity contribution is -0.138. The van der Waals surface area contributed by atoms with Gasteiger partial charge in [-0.25, -0.2) is 4.98 Å². The standard InChI is InChI=1S/C13H14N2O2S/c14-7-11-5-10(1-4-15-11)8-18-9-13(2-3-13)6-12(16)17/h1,4-5H,2-3,6,8-9H2,(H,16,17). The van der Waals surface area contributed by atoms with Crippen molar-refractivity contribution in [1.29, 1.82) is 5.26 Å². The maximum absolute atomic E-state index is 10.7. The van der Waals surface area contributed by atoms with Gasteiger partial charge in [-0.3, -0.25) is 4.79 Å². The molecule has 1 N–H and O–H groups in total. The molecule has 1 aromatic heterocycles. The number of carbonyl (C=O) groups is 1. The number of thioether (sulfide) groups is 1. The van der Waals surface area contributed by atoms with Crippen LogP contribution in [-0.4, -0.2) is 21.8 Å². The summed E-state index contributed by atoms with van der Waals surface area (Å²) in [6, 6.07) is 5.69. The van der Waals surface area contributed by atoms with Crippen LogP contribution in [0.5, 0.6) is 0 Å². The van der Waals surface area contributed by atoms with Crippen LogP contribution in [0.3, 0.4) is 0 Å². The first kappa shape index (κ1) is 12.9. The summed E-state index contributed by atoms with van der Waals surface area (Å²) in [5.41, 5.74) is 1.53. The average Bonchev–Trinajstić information content (AvgIpc) is 3.08. The molecule has 0 amide bonds. The minimum Gasteiger partial charge on any atom is -0.481 e. The van der Waals surface area contributed by atoms with E-state index in [9.17, 15) is 4.79 Å². The summed E-state index contributed by atoms with van der Waals surface area (Å²) in [5, 5.41) is 17.6. The number of nitrogens with zero attached hydrogens (tertiary/aromatic N) is 2. The van der Waals surface area contributed by atoms with E-state index in [2.05, 4.69) is 4.98 Å². The summed E-state index contributed by atoms with van der Waals surface area (Å²) in [6.07, 6.45) is 3.95. The predicted octanol–water partition coefficient (Wildman–Crippen LogP) is 2.44. The third-order valence-electron chi connectivity index (χ3n) is 3.10. The lowest BCUT2D eigenvalue weighted by Crippen LogP contribution is -2.11. The third kappa shape index (κ3) is 3.47. The molecule has 18 heavy (non-hydrogen) atoms. The van der Waals surface area contributed by atoms with Gasteiger partial charge in [0.05, 0.1) is 6.42 Å². The van der Waals surface area contributed by atoms with E-state index >= 15 is 0 Å². The van der Waals surface area contributed by atoms with Gasteiger partial charge >= 0.3 is 5.97 Å². The van der Waals surface area contributed by atoms with Gasteiger partial charge < -0.3 is 5.11 Å². The maximum Gasteiger partial charge on any atom is 0.303 e. The molecule has 0 aliphatic heterocycles. The summed E-state index contributed by atoms with van der Waals surface area (Å²) in [5.74, 6) is 0.978. The molecular weight excluding hydrogens is 248 g/mol. The molecule has 2 rings (SSSR count). The van der Waals surface area contributed by atoms with Crippen LogP contribution >= 0.6 is 11.8 Å². The molecule has 94 valence electrons. The van der Waals surface area contributed by atoms with Gasteiger partial charge in [-0.1, -0.05) is 0 Å². The molecule has 4 nitrogen and oxygen atoms in total. The predicted molar refractivity (Wildman–Crippen MR) is 69.0 cm³/mol. The second-order valence-corrected chi connectivity index (χ2v) is 5.71. The van der Waals surface area contributed by atoms with Crippen molar-refractivity contribution >= 4 is 17.7 Å². The zero-order chi connectivity index (χ0) is 13.0. The Balaban J connectivity index is 1.82. The van der Waals surface area contributed by atoms with Crippen molar-refractivity contribution in [2.45, 2.75) is 25.0 Å². The summed E-state index contributed by atoms with van der Waals surface area (Å²) >= 11 is 1.74. The Morgan fingerprint density at radius 3 is 3.00 bits per heavy atom. The van der Waals surface area contributed by atoms with Gasteiger partial charge in [0.1, 0.15) is 11.8 Å². The second-order valence-electron chi connectivity index (χ2n) is 4.72. The molecule has 5 heteroatoms. The van der Waals surface area contributed by atoms with Crippen molar-refractivity contribution in [2.24, 2.45) is 5.41 Å². The first-order chi connectivity index (χ1) is 8.63. The highest BCUT2D eigenvalue weighted by Gasteiger charge is 2.43. The normalized spacial score (nSPS) is 15.9. The molecule has 0 spiro atoms. The summed E-state index contributed by atoms with van der Waals surface area (Å²) in [4.78, 5) is 14.6. The average molecular weight is 262 g/mol. The monoisotopic (exact) mass is 262 g/mol. The Bertz CT molecular complexity index is 492. The molecule has 1 aliphatic carbocycles. The number of rotatable bonds is 6. The van der Waals surface area contributed by atoms with Crippen molar-refractivity contribution in [3.63, 3.8) is 0 Å². The van der Waals surface area contributed by atoms with Crippen molar-refractivity contribution in [1.82, 2.24) is 4.98 Å². The third-order valence-corrected chi connectivity index (χ3v) is 4.45. The minimum absolute atomic E-state index is 0.0294. The topological polar surface area (TPSA) is 74.0 Å². The molecule has 0 bridgehead atoms. The van der Waals surface area contributed by atoms with E-state index in [1.165, 1.54) is 0 Å². The van der Waals surface area contributed by atoms with Crippen molar-refractivity contribution in [3.05, 3.63) is 29.6 Å². The number of pyridine rings is 1. The summed E-state index contributed by atoms with van der Waals surface area (Å²) in [6.45, 7) is 0. The van der Waals surface area contributed by atoms with Gasteiger partial charge in [-0.05, 0) is 41.7 Å². The van der Waals surface area contributed by atoms with E-state index < -0.39 is 5.97 Å². The van der Waals surface area contributed by atoms with E-state index in [1.807, 2.05) is 12.1 Å². The summed E-state index contributed by atoms with van der Waals surface area (Å²) < 4.78 is 0. The summed E-state index contributed by atoms with van der Waals surface area (Å²) in [7, 11) is 0. The first-order valence-electron chi connectivity index (χ1n) is 5.78. The van der Waals surface area contributed by atoms with Gasteiger partial charge in [0.2, 0.25) is 0 Å². The lowest BCUT2D eigenvalue weighted by Gasteiger charge is -2.11. The number of hydrogen-bond donors (Lipinski definition) is 1. The Kier molecular flexibility index (Phi) is 3.87. The van der Waals surface area contributed by atoms with Crippen LogP contribution in [0.4, 0.5) is 0 Å². The van der Waals surface area contributed by atoms with Crippen LogP contribution in [0.1, 0.15) is 30.5 Å². The largest absolute Gasteiger partial charge is 0.481 e. The second kappa shape index (κ2) is 5.40. The molecule has 1 heterocycles. The van der Waals surface area contributed by atoms with E-state index in [1.54, 1.807) is 24.0 Å². The molecular formula is C13H14N2O2S. The van der Waals surface area contributed by atoms with Crippen molar-refractivity contribution in [3.8, 4) is 6.07 Å². The van der Waals surface area contributed by atoms with Gasteiger partial charge in [0.25, 0.3) is 0 Å². The Morgan fingerprint density at radius 2 is 2.39 bits per heavy atom. The Morgan fingerprint density at radius 1 is 1.61 bits per heavy atom. The van der Waals surface area contributed by atoms with Crippen molar-refractivity contribution in [2.75, 3.05) is 5.75 Å². The molecule has 0 saturated heterocycles. The minimum atomic E-state index is -0.705. The van der Waals surface area contributed by atoms with E-state index in [-0.39, 0.29) is 11.8 Å². The number of aliphatic carboxylic acids is 1. The zero-order valence-electron chi connectivity index (χ0n) is 9.93. The highest BCUT2D eigenvalue weighted by molar-refractivity contribution is 7.98. The molecule has 0 atom stereocenters. The quantitative estimate of drug-likeness (QED) is 0.852. The molecule has 1 saturated carbocycles. The number of carboxylic acid groups (broad SMARTS) is 1. The molecule has 0 radical (unpaired) electrons. The molecule has 0 aromatic carbocycles. The van der Waals surface area contributed by atoms with Gasteiger partial charge in [0, 0.05) is 11.9 Å². The van der Waals surface area contributed by atoms with Gasteiger partial charge in [0.15, 0.2) is 0 Å². The van der Waals surface area contributed by atoms with Crippen LogP contribution in [0.2, 0.25) is 0 Å². The van der Waals surface area contributed by atoms with Crippen LogP contribution in [0, 0.1) is 16.7 Å². The number of carboxylic acids is 1. The Hall–Kier alpha value is -1.54. The van der Waals surface area contributed by atoms with Gasteiger partial charge in [-0.2, -0.15) is 17.0 Å². The maximum atomic E-state index is 10.7. The van der Waals surface area contributed by atoms with E-state index in [0.717, 1.165) is 29.9 Å². The first-order valence-corrected chi connectivity index (χ1v) is 6.94. The number of nitriles is 1. The number of aromatic nitrogens is 1. The number of hydrogen-bond acceptors (Lipinski definition) is 4. The van der Waals surface area contributed by atoms with Crippen LogP contribution in [-0.2, 0) is 10.5 Å². The lowest BCUT2D eigenvalue weighted by atomic mass is 10.1. The molecule has 1 fully saturated rings. The molecule has 0 unspecified atom stereocenters. The van der Waals surface area contributed by atoms with Gasteiger partial charge in [-0.15, -0.1) is 0 Å². The van der Waals surface area contributed by atoms with Crippen molar-refractivity contribution < 1.29 is 9.90 Å². The Labute approximate surface area is 110 Å². The molecule has 1 aromatic rings. The smallest absolute Gasteiger partial charge is 0.303 e. The molecule has 1 aliphatic rings. The van der Waals surface area contributed by atoms with Crippen LogP contribution < -0.4 is 0 Å². The SMILES string of the molecule is N#Cc1cc(CSCC2(CC(=O)O)CC2)ccn1. The van der Waals surface area contributed by atoms with Crippen LogP contribution in [0.25, 0.3) is 0 Å². The fourth-order valence-electron chi connectivity index (χ4n) is 1.88.